The smallest absolute Gasteiger partial charge is 0.411 e. The fourth-order valence-electron chi connectivity index (χ4n) is 5.99. The lowest BCUT2D eigenvalue weighted by molar-refractivity contribution is -0.234. The highest BCUT2D eigenvalue weighted by molar-refractivity contribution is 7.86. The molecular formula is C28H47NO5S. The Morgan fingerprint density at radius 1 is 0.886 bits per heavy atom. The van der Waals surface area contributed by atoms with E-state index in [1.54, 1.807) is 30.9 Å². The van der Waals surface area contributed by atoms with Crippen LogP contribution in [0.4, 0.5) is 4.79 Å². The van der Waals surface area contributed by atoms with Crippen molar-refractivity contribution in [1.82, 2.24) is 4.90 Å². The quantitative estimate of drug-likeness (QED) is 0.410. The second-order valence-corrected chi connectivity index (χ2v) is 15.0. The normalized spacial score (nSPS) is 23.4. The Balaban J connectivity index is 2.75. The van der Waals surface area contributed by atoms with Gasteiger partial charge in [-0.1, -0.05) is 45.4 Å². The molecule has 0 N–H and O–H groups in total. The second-order valence-electron chi connectivity index (χ2n) is 13.4. The van der Waals surface area contributed by atoms with Gasteiger partial charge in [-0.25, -0.2) is 4.79 Å². The minimum Gasteiger partial charge on any atom is -0.444 e. The molecule has 7 heteroatoms. The van der Waals surface area contributed by atoms with Crippen LogP contribution >= 0.6 is 0 Å². The molecule has 0 atom stereocenters. The summed E-state index contributed by atoms with van der Waals surface area (Å²) in [6.07, 6.45) is -0.466. The minimum atomic E-state index is -4.18. The fourth-order valence-corrected chi connectivity index (χ4v) is 7.19. The molecule has 1 aliphatic heterocycles. The Labute approximate surface area is 215 Å². The Kier molecular flexibility index (Phi) is 6.77. The van der Waals surface area contributed by atoms with Crippen molar-refractivity contribution in [3.63, 3.8) is 0 Å². The lowest BCUT2D eigenvalue weighted by Gasteiger charge is -2.71. The fraction of sp³-hybridized carbons (Fsp3) is 0.750. The van der Waals surface area contributed by atoms with Gasteiger partial charge in [0.25, 0.3) is 10.1 Å². The van der Waals surface area contributed by atoms with Crippen molar-refractivity contribution in [2.45, 2.75) is 124 Å². The Morgan fingerprint density at radius 2 is 1.29 bits per heavy atom. The number of likely N-dealkylation sites (tertiary alicyclic amines) is 1. The molecule has 0 aliphatic carbocycles. The van der Waals surface area contributed by atoms with Gasteiger partial charge in [-0.05, 0) is 92.2 Å². The van der Waals surface area contributed by atoms with Gasteiger partial charge in [0.2, 0.25) is 0 Å². The highest BCUT2D eigenvalue weighted by Crippen LogP contribution is 2.64. The van der Waals surface area contributed by atoms with Crippen LogP contribution in [0.2, 0.25) is 0 Å². The van der Waals surface area contributed by atoms with Crippen molar-refractivity contribution in [3.8, 4) is 0 Å². The number of hydrogen-bond acceptors (Lipinski definition) is 5. The zero-order chi connectivity index (χ0) is 28.6. The maximum Gasteiger partial charge on any atom is 0.411 e. The maximum atomic E-state index is 13.6. The third-order valence-electron chi connectivity index (χ3n) is 8.23. The van der Waals surface area contributed by atoms with Gasteiger partial charge in [0.15, 0.2) is 0 Å². The third-order valence-corrected chi connectivity index (χ3v) is 9.72. The first kappa shape index (κ1) is 28.0. The van der Waals surface area contributed by atoms with Crippen molar-refractivity contribution in [2.24, 2.45) is 16.7 Å². The molecule has 35 heavy (non-hydrogen) atoms. The lowest BCUT2D eigenvalue weighted by atomic mass is 9.44. The number of carbonyl (C=O) groups excluding carboxylic acids is 1. The van der Waals surface area contributed by atoms with Crippen LogP contribution in [0.15, 0.2) is 29.2 Å². The SMILES string of the molecule is [2H]C1(C(C)(C)OS(=O)(=O)c2ccc(C)cc2)C(C)(C)C(C)(C)N(C(=O)OC(C)(C)C)C(C)(C)C1(C)C. The van der Waals surface area contributed by atoms with E-state index in [4.69, 9.17) is 8.92 Å². The number of carbonyl (C=O) groups is 1. The van der Waals surface area contributed by atoms with E-state index in [1.165, 1.54) is 12.1 Å². The summed E-state index contributed by atoms with van der Waals surface area (Å²) in [5.41, 5.74) is -4.97. The second kappa shape index (κ2) is 8.47. The van der Waals surface area contributed by atoms with E-state index in [1.807, 2.05) is 83.1 Å². The average molecular weight is 511 g/mol. The summed E-state index contributed by atoms with van der Waals surface area (Å²) < 4.78 is 48.8. The molecule has 0 spiro atoms. The number of hydrogen-bond donors (Lipinski definition) is 0. The molecule has 2 rings (SSSR count). The molecule has 1 aromatic carbocycles. The molecule has 0 bridgehead atoms. The largest absolute Gasteiger partial charge is 0.444 e. The van der Waals surface area contributed by atoms with Crippen LogP contribution in [0.5, 0.6) is 0 Å². The molecule has 0 aromatic heterocycles. The first-order chi connectivity index (χ1) is 15.7. The van der Waals surface area contributed by atoms with Crippen molar-refractivity contribution in [3.05, 3.63) is 29.8 Å². The molecule has 1 saturated heterocycles. The Hall–Kier alpha value is -1.60. The van der Waals surface area contributed by atoms with Crippen molar-refractivity contribution >= 4 is 16.2 Å². The van der Waals surface area contributed by atoms with Crippen molar-refractivity contribution < 1.29 is 23.5 Å². The molecule has 6 nitrogen and oxygen atoms in total. The van der Waals surface area contributed by atoms with Crippen LogP contribution in [0.1, 0.15) is 96.9 Å². The van der Waals surface area contributed by atoms with Gasteiger partial charge in [-0.3, -0.25) is 9.08 Å². The standard InChI is InChI=1S/C28H47NO5S/c1-19-15-17-20(18-16-19)35(31,32)34-26(9,10)21-24(5,6)27(11,12)29(22(30)33-23(2,3)4)28(13,14)25(21,7)8/h15-18,21H,1-14H3/i21D. The van der Waals surface area contributed by atoms with Crippen molar-refractivity contribution in [2.75, 3.05) is 0 Å². The summed E-state index contributed by atoms with van der Waals surface area (Å²) in [6, 6.07) is 6.48. The number of piperidine rings is 1. The van der Waals surface area contributed by atoms with E-state index in [9.17, 15) is 14.6 Å². The number of aryl methyl sites for hydroxylation is 1. The summed E-state index contributed by atoms with van der Waals surface area (Å²) in [4.78, 5) is 15.4. The van der Waals surface area contributed by atoms with E-state index in [-0.39, 0.29) is 4.90 Å². The predicted molar refractivity (Wildman–Crippen MR) is 141 cm³/mol. The zero-order valence-electron chi connectivity index (χ0n) is 25.2. The number of rotatable bonds is 4. The van der Waals surface area contributed by atoms with Crippen LogP contribution in [-0.2, 0) is 19.0 Å². The molecule has 0 unspecified atom stereocenters. The third kappa shape index (κ3) is 5.00. The highest BCUT2D eigenvalue weighted by atomic mass is 32.2. The number of nitrogens with zero attached hydrogens (tertiary/aromatic N) is 1. The predicted octanol–water partition coefficient (Wildman–Crippen LogP) is 6.96. The first-order valence-electron chi connectivity index (χ1n) is 12.8. The average Bonchev–Trinajstić information content (AvgIpc) is 2.63. The number of ether oxygens (including phenoxy) is 1. The van der Waals surface area contributed by atoms with E-state index < -0.39 is 55.2 Å². The monoisotopic (exact) mass is 510 g/mol. The molecule has 0 saturated carbocycles. The highest BCUT2D eigenvalue weighted by Gasteiger charge is 2.70. The molecule has 200 valence electrons. The Morgan fingerprint density at radius 3 is 1.66 bits per heavy atom. The zero-order valence-corrected chi connectivity index (χ0v) is 25.0. The van der Waals surface area contributed by atoms with E-state index >= 15 is 0 Å². The molecule has 1 heterocycles. The van der Waals surface area contributed by atoms with Crippen molar-refractivity contribution in [1.29, 1.82) is 0 Å². The summed E-state index contributed by atoms with van der Waals surface area (Å²) in [5, 5.41) is 0. The van der Waals surface area contributed by atoms with E-state index in [2.05, 4.69) is 0 Å². The molecule has 1 fully saturated rings. The van der Waals surface area contributed by atoms with Crippen LogP contribution < -0.4 is 0 Å². The number of benzene rings is 1. The van der Waals surface area contributed by atoms with Gasteiger partial charge in [0.1, 0.15) is 5.60 Å². The van der Waals surface area contributed by atoms with Crippen LogP contribution in [0.25, 0.3) is 0 Å². The van der Waals surface area contributed by atoms with E-state index in [0.717, 1.165) is 5.56 Å². The van der Waals surface area contributed by atoms with Crippen LogP contribution in [0.3, 0.4) is 0 Å². The summed E-state index contributed by atoms with van der Waals surface area (Å²) >= 11 is 0. The molecular weight excluding hydrogens is 462 g/mol. The maximum absolute atomic E-state index is 13.6. The molecule has 1 aliphatic rings. The molecule has 0 radical (unpaired) electrons. The molecule has 1 amide bonds. The van der Waals surface area contributed by atoms with Crippen LogP contribution in [-0.4, -0.2) is 41.7 Å². The van der Waals surface area contributed by atoms with Crippen LogP contribution in [0, 0.1) is 23.6 Å². The van der Waals surface area contributed by atoms with Gasteiger partial charge in [-0.2, -0.15) is 8.42 Å². The van der Waals surface area contributed by atoms with Gasteiger partial charge in [-0.15, -0.1) is 0 Å². The topological polar surface area (TPSA) is 72.9 Å². The van der Waals surface area contributed by atoms with Gasteiger partial charge < -0.3 is 4.74 Å². The minimum absolute atomic E-state index is 0.0464. The molecule has 1 aromatic rings. The van der Waals surface area contributed by atoms with Gasteiger partial charge >= 0.3 is 6.09 Å². The van der Waals surface area contributed by atoms with Gasteiger partial charge in [0, 0.05) is 18.3 Å². The lowest BCUT2D eigenvalue weighted by Crippen LogP contribution is -2.79. The number of amides is 1. The van der Waals surface area contributed by atoms with E-state index in [0.29, 0.717) is 0 Å². The van der Waals surface area contributed by atoms with Gasteiger partial charge in [0.05, 0.1) is 10.5 Å². The Bertz CT molecular complexity index is 1080. The summed E-state index contributed by atoms with van der Waals surface area (Å²) in [5.74, 6) is -1.49. The first-order valence-corrected chi connectivity index (χ1v) is 13.7. The summed E-state index contributed by atoms with van der Waals surface area (Å²) in [6.45, 7) is 26.0. The summed E-state index contributed by atoms with van der Waals surface area (Å²) in [7, 11) is -4.18.